The molecule has 0 aromatic carbocycles. The number of nitrogens with two attached hydrogens (primary N) is 1. The molecule has 1 aromatic heterocycles. The van der Waals surface area contributed by atoms with Gasteiger partial charge in [0.2, 0.25) is 5.28 Å². The van der Waals surface area contributed by atoms with E-state index in [-0.39, 0.29) is 5.28 Å². The molecule has 2 N–H and O–H groups in total. The van der Waals surface area contributed by atoms with Crippen molar-refractivity contribution in [1.29, 1.82) is 0 Å². The summed E-state index contributed by atoms with van der Waals surface area (Å²) in [6, 6.07) is 0. The second-order valence-electron chi connectivity index (χ2n) is 2.00. The van der Waals surface area contributed by atoms with Gasteiger partial charge >= 0.3 is 0 Å². The fourth-order valence-electron chi connectivity index (χ4n) is 0.773. The van der Waals surface area contributed by atoms with Gasteiger partial charge in [-0.3, -0.25) is 0 Å². The second kappa shape index (κ2) is 3.24. The monoisotopic (exact) mass is 191 g/mol. The van der Waals surface area contributed by atoms with Crippen molar-refractivity contribution >= 4 is 29.0 Å². The molecule has 0 aliphatic rings. The van der Waals surface area contributed by atoms with E-state index in [4.69, 9.17) is 28.9 Å². The maximum absolute atomic E-state index is 5.72. The molecule has 1 aromatic rings. The number of anilines is 1. The Morgan fingerprint density at radius 2 is 2.00 bits per heavy atom. The van der Waals surface area contributed by atoms with Crippen LogP contribution < -0.4 is 5.73 Å². The Morgan fingerprint density at radius 1 is 1.36 bits per heavy atom. The van der Waals surface area contributed by atoms with E-state index in [9.17, 15) is 0 Å². The van der Waals surface area contributed by atoms with Crippen LogP contribution in [0.2, 0.25) is 10.4 Å². The number of aromatic nitrogens is 2. The molecule has 0 amide bonds. The van der Waals surface area contributed by atoms with Crippen LogP contribution in [0.15, 0.2) is 0 Å². The van der Waals surface area contributed by atoms with Gasteiger partial charge in [0.15, 0.2) is 0 Å². The summed E-state index contributed by atoms with van der Waals surface area (Å²) >= 11 is 11.2. The number of nitrogens with zero attached hydrogens (tertiary/aromatic N) is 2. The number of halogens is 2. The van der Waals surface area contributed by atoms with Crippen molar-refractivity contribution in [3.05, 3.63) is 16.0 Å². The van der Waals surface area contributed by atoms with Crippen LogP contribution in [0.1, 0.15) is 12.5 Å². The van der Waals surface area contributed by atoms with Crippen LogP contribution in [0.4, 0.5) is 5.82 Å². The molecular weight excluding hydrogens is 185 g/mol. The first-order chi connectivity index (χ1) is 5.15. The standard InChI is InChI=1S/C6H7Cl2N3/c1-2-3-4(7)10-6(8)11-5(3)9/h2H2,1H3,(H2,9,10,11). The quantitative estimate of drug-likeness (QED) is 0.546. The summed E-state index contributed by atoms with van der Waals surface area (Å²) in [5.74, 6) is 0.359. The average molecular weight is 192 g/mol. The predicted octanol–water partition coefficient (Wildman–Crippen LogP) is 1.93. The third kappa shape index (κ3) is 1.73. The Bertz CT molecular complexity index is 252. The molecule has 0 fully saturated rings. The van der Waals surface area contributed by atoms with Gasteiger partial charge in [-0.2, -0.15) is 0 Å². The van der Waals surface area contributed by atoms with Crippen molar-refractivity contribution in [3.63, 3.8) is 0 Å². The van der Waals surface area contributed by atoms with Crippen LogP contribution >= 0.6 is 23.2 Å². The van der Waals surface area contributed by atoms with Gasteiger partial charge in [0.1, 0.15) is 11.0 Å². The van der Waals surface area contributed by atoms with Gasteiger partial charge in [-0.05, 0) is 18.0 Å². The molecule has 0 unspecified atom stereocenters. The van der Waals surface area contributed by atoms with Crippen molar-refractivity contribution < 1.29 is 0 Å². The Labute approximate surface area is 74.5 Å². The van der Waals surface area contributed by atoms with E-state index in [2.05, 4.69) is 9.97 Å². The van der Waals surface area contributed by atoms with E-state index in [1.807, 2.05) is 6.92 Å². The lowest BCUT2D eigenvalue weighted by atomic mass is 10.2. The van der Waals surface area contributed by atoms with E-state index in [1.54, 1.807) is 0 Å². The molecule has 0 radical (unpaired) electrons. The van der Waals surface area contributed by atoms with Crippen LogP contribution in [0.5, 0.6) is 0 Å². The predicted molar refractivity (Wildman–Crippen MR) is 45.8 cm³/mol. The molecule has 60 valence electrons. The number of hydrogen-bond donors (Lipinski definition) is 1. The summed E-state index contributed by atoms with van der Waals surface area (Å²) in [5, 5.41) is 0.426. The third-order valence-corrected chi connectivity index (χ3v) is 1.80. The number of rotatable bonds is 1. The lowest BCUT2D eigenvalue weighted by molar-refractivity contribution is 1.06. The van der Waals surface area contributed by atoms with Crippen molar-refractivity contribution in [2.24, 2.45) is 0 Å². The molecule has 0 spiro atoms. The SMILES string of the molecule is CCc1c(N)nc(Cl)nc1Cl. The molecule has 0 atom stereocenters. The fraction of sp³-hybridized carbons (Fsp3) is 0.333. The van der Waals surface area contributed by atoms with Gasteiger partial charge in [-0.25, -0.2) is 9.97 Å². The molecule has 1 heterocycles. The maximum Gasteiger partial charge on any atom is 0.225 e. The lowest BCUT2D eigenvalue weighted by Crippen LogP contribution is -2.00. The highest BCUT2D eigenvalue weighted by molar-refractivity contribution is 6.32. The van der Waals surface area contributed by atoms with Crippen molar-refractivity contribution in [2.75, 3.05) is 5.73 Å². The highest BCUT2D eigenvalue weighted by Crippen LogP contribution is 2.20. The van der Waals surface area contributed by atoms with Crippen molar-refractivity contribution in [1.82, 2.24) is 9.97 Å². The molecule has 1 rings (SSSR count). The van der Waals surface area contributed by atoms with E-state index in [1.165, 1.54) is 0 Å². The van der Waals surface area contributed by atoms with Crippen LogP contribution in [0, 0.1) is 0 Å². The largest absolute Gasteiger partial charge is 0.383 e. The minimum Gasteiger partial charge on any atom is -0.383 e. The van der Waals surface area contributed by atoms with E-state index >= 15 is 0 Å². The summed E-state index contributed by atoms with van der Waals surface area (Å²) < 4.78 is 0. The topological polar surface area (TPSA) is 51.8 Å². The maximum atomic E-state index is 5.72. The third-order valence-electron chi connectivity index (χ3n) is 1.31. The van der Waals surface area contributed by atoms with Crippen LogP contribution in [-0.4, -0.2) is 9.97 Å². The highest BCUT2D eigenvalue weighted by atomic mass is 35.5. The van der Waals surface area contributed by atoms with E-state index < -0.39 is 0 Å². The highest BCUT2D eigenvalue weighted by Gasteiger charge is 2.06. The van der Waals surface area contributed by atoms with Gasteiger partial charge in [0, 0.05) is 5.56 Å². The van der Waals surface area contributed by atoms with E-state index in [0.717, 1.165) is 5.56 Å². The molecule has 0 bridgehead atoms. The molecule has 3 nitrogen and oxygen atoms in total. The molecular formula is C6H7Cl2N3. The number of nitrogen functional groups attached to an aromatic ring is 1. The van der Waals surface area contributed by atoms with Gasteiger partial charge in [0.05, 0.1) is 0 Å². The lowest BCUT2D eigenvalue weighted by Gasteiger charge is -2.02. The summed E-state index contributed by atoms with van der Waals surface area (Å²) in [4.78, 5) is 7.50. The Morgan fingerprint density at radius 3 is 2.45 bits per heavy atom. The number of hydrogen-bond acceptors (Lipinski definition) is 3. The molecule has 11 heavy (non-hydrogen) atoms. The summed E-state index contributed by atoms with van der Waals surface area (Å²) in [6.07, 6.45) is 0.710. The minimum absolute atomic E-state index is 0.0877. The zero-order valence-electron chi connectivity index (χ0n) is 5.93. The second-order valence-corrected chi connectivity index (χ2v) is 2.70. The van der Waals surface area contributed by atoms with Gasteiger partial charge < -0.3 is 5.73 Å². The first kappa shape index (κ1) is 8.56. The van der Waals surface area contributed by atoms with Gasteiger partial charge in [0.25, 0.3) is 0 Å². The van der Waals surface area contributed by atoms with Crippen LogP contribution in [-0.2, 0) is 6.42 Å². The zero-order valence-corrected chi connectivity index (χ0v) is 7.45. The van der Waals surface area contributed by atoms with Crippen molar-refractivity contribution in [2.45, 2.75) is 13.3 Å². The van der Waals surface area contributed by atoms with Crippen molar-refractivity contribution in [3.8, 4) is 0 Å². The molecule has 5 heteroatoms. The Kier molecular flexibility index (Phi) is 2.52. The Hall–Kier alpha value is -0.540. The summed E-state index contributed by atoms with van der Waals surface area (Å²) in [7, 11) is 0. The normalized spacial score (nSPS) is 10.1. The minimum atomic E-state index is 0.0877. The zero-order chi connectivity index (χ0) is 8.43. The van der Waals surface area contributed by atoms with Gasteiger partial charge in [-0.1, -0.05) is 18.5 Å². The molecule has 0 aliphatic heterocycles. The smallest absolute Gasteiger partial charge is 0.225 e. The van der Waals surface area contributed by atoms with E-state index in [0.29, 0.717) is 17.4 Å². The van der Waals surface area contributed by atoms with Gasteiger partial charge in [-0.15, -0.1) is 0 Å². The van der Waals surface area contributed by atoms with Crippen LogP contribution in [0.3, 0.4) is 0 Å². The first-order valence-electron chi connectivity index (χ1n) is 3.12. The van der Waals surface area contributed by atoms with Crippen LogP contribution in [0.25, 0.3) is 0 Å². The summed E-state index contributed by atoms with van der Waals surface area (Å²) in [5.41, 5.74) is 6.26. The average Bonchev–Trinajstić information content (AvgIpc) is 1.85. The first-order valence-corrected chi connectivity index (χ1v) is 3.88. The summed E-state index contributed by atoms with van der Waals surface area (Å²) in [6.45, 7) is 1.93. The molecule has 0 saturated carbocycles. The Balaban J connectivity index is 3.25. The fourth-order valence-corrected chi connectivity index (χ4v) is 1.30. The molecule has 0 aliphatic carbocycles. The molecule has 0 saturated heterocycles.